The van der Waals surface area contributed by atoms with E-state index in [1.54, 1.807) is 18.2 Å². The van der Waals surface area contributed by atoms with Crippen LogP contribution in [0.15, 0.2) is 84.9 Å². The summed E-state index contributed by atoms with van der Waals surface area (Å²) in [6.45, 7) is 1.87. The SMILES string of the molecule is CC(=O)Nc1ccc(-n2c(CCC(=O)NCc3cccc(Cl)c3)ccc2-c2ccc(F)cc2)cc1. The molecule has 178 valence electrons. The van der Waals surface area contributed by atoms with Gasteiger partial charge in [-0.1, -0.05) is 23.7 Å². The van der Waals surface area contributed by atoms with E-state index in [9.17, 15) is 14.0 Å². The summed E-state index contributed by atoms with van der Waals surface area (Å²) in [5, 5.41) is 6.33. The Hall–Kier alpha value is -3.90. The van der Waals surface area contributed by atoms with E-state index < -0.39 is 0 Å². The summed E-state index contributed by atoms with van der Waals surface area (Å²) < 4.78 is 15.6. The van der Waals surface area contributed by atoms with E-state index in [2.05, 4.69) is 15.2 Å². The van der Waals surface area contributed by atoms with Crippen molar-refractivity contribution in [3.63, 3.8) is 0 Å². The van der Waals surface area contributed by atoms with Crippen molar-refractivity contribution >= 4 is 29.1 Å². The van der Waals surface area contributed by atoms with E-state index in [1.165, 1.54) is 19.1 Å². The molecule has 2 N–H and O–H groups in total. The minimum absolute atomic E-state index is 0.0675. The van der Waals surface area contributed by atoms with Crippen LogP contribution >= 0.6 is 11.6 Å². The third-order valence-corrected chi connectivity index (χ3v) is 5.77. The number of amides is 2. The van der Waals surface area contributed by atoms with Crippen LogP contribution in [0.4, 0.5) is 10.1 Å². The first-order chi connectivity index (χ1) is 16.9. The molecule has 4 rings (SSSR count). The minimum Gasteiger partial charge on any atom is -0.352 e. The molecule has 1 aromatic heterocycles. The molecule has 0 saturated carbocycles. The summed E-state index contributed by atoms with van der Waals surface area (Å²) in [4.78, 5) is 23.9. The average molecular weight is 490 g/mol. The number of rotatable bonds is 8. The second kappa shape index (κ2) is 11.0. The summed E-state index contributed by atoms with van der Waals surface area (Å²) >= 11 is 6.02. The molecule has 0 unspecified atom stereocenters. The minimum atomic E-state index is -0.303. The fourth-order valence-corrected chi connectivity index (χ4v) is 4.11. The van der Waals surface area contributed by atoms with E-state index in [1.807, 2.05) is 54.6 Å². The average Bonchev–Trinajstić information content (AvgIpc) is 3.26. The topological polar surface area (TPSA) is 63.1 Å². The highest BCUT2D eigenvalue weighted by molar-refractivity contribution is 6.30. The molecule has 0 atom stereocenters. The molecular weight excluding hydrogens is 465 g/mol. The number of hydrogen-bond donors (Lipinski definition) is 2. The maximum absolute atomic E-state index is 13.5. The molecule has 0 saturated heterocycles. The van der Waals surface area contributed by atoms with Crippen molar-refractivity contribution in [3.8, 4) is 16.9 Å². The van der Waals surface area contributed by atoms with Crippen LogP contribution in [0.1, 0.15) is 24.6 Å². The molecule has 35 heavy (non-hydrogen) atoms. The molecule has 5 nitrogen and oxygen atoms in total. The van der Waals surface area contributed by atoms with Crippen molar-refractivity contribution in [1.82, 2.24) is 9.88 Å². The fraction of sp³-hybridized carbons (Fsp3) is 0.143. The van der Waals surface area contributed by atoms with Gasteiger partial charge in [0.15, 0.2) is 0 Å². The zero-order chi connectivity index (χ0) is 24.8. The molecule has 0 aliphatic rings. The van der Waals surface area contributed by atoms with Crippen molar-refractivity contribution in [2.45, 2.75) is 26.3 Å². The predicted molar refractivity (Wildman–Crippen MR) is 137 cm³/mol. The van der Waals surface area contributed by atoms with Crippen LogP contribution < -0.4 is 10.6 Å². The van der Waals surface area contributed by atoms with E-state index in [-0.39, 0.29) is 17.6 Å². The van der Waals surface area contributed by atoms with Crippen molar-refractivity contribution in [2.75, 3.05) is 5.32 Å². The van der Waals surface area contributed by atoms with Gasteiger partial charge in [-0.3, -0.25) is 9.59 Å². The second-order valence-corrected chi connectivity index (χ2v) is 8.62. The zero-order valence-corrected chi connectivity index (χ0v) is 20.0. The molecule has 0 spiro atoms. The number of hydrogen-bond acceptors (Lipinski definition) is 2. The number of aromatic nitrogens is 1. The highest BCUT2D eigenvalue weighted by atomic mass is 35.5. The van der Waals surface area contributed by atoms with Crippen LogP contribution in [0.25, 0.3) is 16.9 Å². The fourth-order valence-electron chi connectivity index (χ4n) is 3.90. The van der Waals surface area contributed by atoms with E-state index in [0.29, 0.717) is 30.1 Å². The van der Waals surface area contributed by atoms with Crippen molar-refractivity contribution < 1.29 is 14.0 Å². The van der Waals surface area contributed by atoms with Gasteiger partial charge in [0.25, 0.3) is 0 Å². The van der Waals surface area contributed by atoms with Gasteiger partial charge in [-0.05, 0) is 90.3 Å². The molecule has 0 aliphatic carbocycles. The third kappa shape index (κ3) is 6.37. The maximum Gasteiger partial charge on any atom is 0.221 e. The zero-order valence-electron chi connectivity index (χ0n) is 19.2. The molecule has 7 heteroatoms. The van der Waals surface area contributed by atoms with Gasteiger partial charge < -0.3 is 15.2 Å². The first-order valence-corrected chi connectivity index (χ1v) is 11.6. The Labute approximate surface area is 208 Å². The van der Waals surface area contributed by atoms with Gasteiger partial charge in [0, 0.05) is 42.0 Å². The van der Waals surface area contributed by atoms with Gasteiger partial charge in [-0.2, -0.15) is 0 Å². The smallest absolute Gasteiger partial charge is 0.221 e. The lowest BCUT2D eigenvalue weighted by Gasteiger charge is -2.15. The molecule has 3 aromatic carbocycles. The van der Waals surface area contributed by atoms with Crippen LogP contribution in [-0.4, -0.2) is 16.4 Å². The van der Waals surface area contributed by atoms with Crippen LogP contribution in [0, 0.1) is 5.82 Å². The van der Waals surface area contributed by atoms with Gasteiger partial charge in [0.05, 0.1) is 5.69 Å². The number of carbonyl (C=O) groups is 2. The summed E-state index contributed by atoms with van der Waals surface area (Å²) in [7, 11) is 0. The summed E-state index contributed by atoms with van der Waals surface area (Å²) in [6.07, 6.45) is 0.813. The lowest BCUT2D eigenvalue weighted by molar-refractivity contribution is -0.121. The van der Waals surface area contributed by atoms with Crippen molar-refractivity contribution in [1.29, 1.82) is 0 Å². The van der Waals surface area contributed by atoms with Gasteiger partial charge in [0.2, 0.25) is 11.8 Å². The normalized spacial score (nSPS) is 10.7. The standard InChI is InChI=1S/C28H25ClFN3O2/c1-19(34)32-24-9-11-25(12-10-24)33-26(13-15-27(33)21-5-7-23(30)8-6-21)14-16-28(35)31-18-20-3-2-4-22(29)17-20/h2-13,15,17H,14,16,18H2,1H3,(H,31,35)(H,32,34). The largest absolute Gasteiger partial charge is 0.352 e. The molecule has 1 heterocycles. The molecule has 0 bridgehead atoms. The number of aryl methyl sites for hydroxylation is 1. The molecule has 2 amide bonds. The Morgan fingerprint density at radius 1 is 0.943 bits per heavy atom. The lowest BCUT2D eigenvalue weighted by Crippen LogP contribution is -2.23. The molecule has 0 aliphatic heterocycles. The summed E-state index contributed by atoms with van der Waals surface area (Å²) in [5.74, 6) is -0.514. The van der Waals surface area contributed by atoms with Gasteiger partial charge in [-0.15, -0.1) is 0 Å². The van der Waals surface area contributed by atoms with Crippen molar-refractivity contribution in [2.24, 2.45) is 0 Å². The maximum atomic E-state index is 13.5. The highest BCUT2D eigenvalue weighted by Gasteiger charge is 2.14. The summed E-state index contributed by atoms with van der Waals surface area (Å²) in [5.41, 5.74) is 5.18. The van der Waals surface area contributed by atoms with E-state index >= 15 is 0 Å². The van der Waals surface area contributed by atoms with Gasteiger partial charge in [-0.25, -0.2) is 4.39 Å². The van der Waals surface area contributed by atoms with Crippen molar-refractivity contribution in [3.05, 3.63) is 107 Å². The number of carbonyl (C=O) groups excluding carboxylic acids is 2. The predicted octanol–water partition coefficient (Wildman–Crippen LogP) is 6.14. The molecule has 0 fully saturated rings. The molecule has 0 radical (unpaired) electrons. The highest BCUT2D eigenvalue weighted by Crippen LogP contribution is 2.28. The Morgan fingerprint density at radius 2 is 1.69 bits per heavy atom. The third-order valence-electron chi connectivity index (χ3n) is 5.53. The quantitative estimate of drug-likeness (QED) is 0.312. The number of nitrogens with zero attached hydrogens (tertiary/aromatic N) is 1. The van der Waals surface area contributed by atoms with Crippen LogP contribution in [0.2, 0.25) is 5.02 Å². The Bertz CT molecular complexity index is 1330. The first kappa shape index (κ1) is 24.2. The Balaban J connectivity index is 1.55. The Kier molecular flexibility index (Phi) is 7.63. The monoisotopic (exact) mass is 489 g/mol. The molecule has 4 aromatic rings. The van der Waals surface area contributed by atoms with Gasteiger partial charge >= 0.3 is 0 Å². The molecular formula is C28H25ClFN3O2. The Morgan fingerprint density at radius 3 is 2.37 bits per heavy atom. The van der Waals surface area contributed by atoms with Gasteiger partial charge in [0.1, 0.15) is 5.82 Å². The number of benzene rings is 3. The number of anilines is 1. The van der Waals surface area contributed by atoms with E-state index in [4.69, 9.17) is 11.6 Å². The van der Waals surface area contributed by atoms with Crippen LogP contribution in [0.3, 0.4) is 0 Å². The van der Waals surface area contributed by atoms with Crippen LogP contribution in [-0.2, 0) is 22.6 Å². The summed E-state index contributed by atoms with van der Waals surface area (Å²) in [6, 6.07) is 25.1. The number of nitrogens with one attached hydrogen (secondary N) is 2. The second-order valence-electron chi connectivity index (χ2n) is 8.19. The van der Waals surface area contributed by atoms with Crippen LogP contribution in [0.5, 0.6) is 0 Å². The first-order valence-electron chi connectivity index (χ1n) is 11.2. The van der Waals surface area contributed by atoms with E-state index in [0.717, 1.165) is 28.2 Å². The number of halogens is 2. The lowest BCUT2D eigenvalue weighted by atomic mass is 10.1.